The Labute approximate surface area is 157 Å². The molecule has 150 valence electrons. The highest BCUT2D eigenvalue weighted by atomic mass is 19.4. The van der Waals surface area contributed by atoms with E-state index < -0.39 is 29.5 Å². The van der Waals surface area contributed by atoms with Crippen LogP contribution in [0.5, 0.6) is 5.75 Å². The molecule has 1 unspecified atom stereocenters. The molecule has 2 amide bonds. The molecule has 1 aliphatic rings. The number of nitrogens with one attached hydrogen (secondary N) is 2. The Balaban J connectivity index is 1.55. The van der Waals surface area contributed by atoms with Crippen molar-refractivity contribution in [3.8, 4) is 5.75 Å². The van der Waals surface area contributed by atoms with Crippen molar-refractivity contribution in [1.82, 2.24) is 5.32 Å². The molecule has 0 spiro atoms. The van der Waals surface area contributed by atoms with Gasteiger partial charge in [0.1, 0.15) is 17.1 Å². The van der Waals surface area contributed by atoms with Crippen LogP contribution in [0.2, 0.25) is 0 Å². The van der Waals surface area contributed by atoms with Gasteiger partial charge in [0.15, 0.2) is 0 Å². The Morgan fingerprint density at radius 2 is 1.89 bits per heavy atom. The molecule has 28 heavy (non-hydrogen) atoms. The highest BCUT2D eigenvalue weighted by Gasteiger charge is 2.37. The molecule has 0 radical (unpaired) electrons. The molecule has 0 saturated heterocycles. The van der Waals surface area contributed by atoms with Crippen LogP contribution in [0.1, 0.15) is 24.2 Å². The van der Waals surface area contributed by atoms with Gasteiger partial charge in [0.05, 0.1) is 12.8 Å². The molecule has 0 saturated carbocycles. The van der Waals surface area contributed by atoms with Gasteiger partial charge >= 0.3 is 18.2 Å². The van der Waals surface area contributed by atoms with Gasteiger partial charge in [-0.2, -0.15) is 0 Å². The van der Waals surface area contributed by atoms with Crippen molar-refractivity contribution in [2.45, 2.75) is 31.2 Å². The average molecular weight is 398 g/mol. The summed E-state index contributed by atoms with van der Waals surface area (Å²) in [6.45, 7) is -0.176. The first-order valence-corrected chi connectivity index (χ1v) is 8.40. The highest BCUT2D eigenvalue weighted by Crippen LogP contribution is 2.35. The Kier molecular flexibility index (Phi) is 5.32. The van der Waals surface area contributed by atoms with Gasteiger partial charge in [0.2, 0.25) is 0 Å². The normalized spacial score (nSPS) is 18.9. The minimum absolute atomic E-state index is 0.114. The predicted molar refractivity (Wildman–Crippen MR) is 90.3 cm³/mol. The monoisotopic (exact) mass is 398 g/mol. The van der Waals surface area contributed by atoms with Crippen LogP contribution < -0.4 is 15.4 Å². The maximum absolute atomic E-state index is 12.1. The molecule has 1 aliphatic carbocycles. The maximum atomic E-state index is 12.1. The van der Waals surface area contributed by atoms with Gasteiger partial charge in [0.25, 0.3) is 0 Å². The molecule has 3 rings (SSSR count). The highest BCUT2D eigenvalue weighted by molar-refractivity contribution is 6.39. The molecule has 1 heterocycles. The van der Waals surface area contributed by atoms with Crippen LogP contribution in [0.3, 0.4) is 0 Å². The van der Waals surface area contributed by atoms with Gasteiger partial charge in [-0.1, -0.05) is 0 Å². The van der Waals surface area contributed by atoms with Crippen LogP contribution in [-0.4, -0.2) is 29.8 Å². The fourth-order valence-corrected chi connectivity index (χ4v) is 3.04. The summed E-state index contributed by atoms with van der Waals surface area (Å²) >= 11 is 0. The number of benzene rings is 1. The Morgan fingerprint density at radius 1 is 1.18 bits per heavy atom. The number of fused-ring (bicyclic) bond motifs is 1. The van der Waals surface area contributed by atoms with Crippen LogP contribution >= 0.6 is 0 Å². The molecule has 10 heteroatoms. The van der Waals surface area contributed by atoms with Gasteiger partial charge < -0.3 is 24.9 Å². The number of amides is 2. The zero-order valence-electron chi connectivity index (χ0n) is 14.5. The lowest BCUT2D eigenvalue weighted by molar-refractivity contribution is -0.274. The molecular weight excluding hydrogens is 381 g/mol. The fraction of sp³-hybridized carbons (Fsp3) is 0.333. The van der Waals surface area contributed by atoms with Gasteiger partial charge in [0, 0.05) is 17.7 Å². The molecule has 0 aliphatic heterocycles. The van der Waals surface area contributed by atoms with E-state index in [1.54, 1.807) is 6.07 Å². The molecule has 7 nitrogen and oxygen atoms in total. The summed E-state index contributed by atoms with van der Waals surface area (Å²) in [5, 5.41) is 15.4. The third-order valence-electron chi connectivity index (χ3n) is 4.33. The van der Waals surface area contributed by atoms with E-state index >= 15 is 0 Å². The van der Waals surface area contributed by atoms with Crippen LogP contribution in [0.25, 0.3) is 0 Å². The Hall–Kier alpha value is -3.01. The summed E-state index contributed by atoms with van der Waals surface area (Å²) in [6.07, 6.45) is -1.60. The fourth-order valence-electron chi connectivity index (χ4n) is 3.04. The average Bonchev–Trinajstić information content (AvgIpc) is 3.11. The van der Waals surface area contributed by atoms with Gasteiger partial charge in [-0.3, -0.25) is 9.59 Å². The molecule has 0 bridgehead atoms. The second kappa shape index (κ2) is 7.55. The van der Waals surface area contributed by atoms with Gasteiger partial charge in [-0.05, 0) is 43.2 Å². The van der Waals surface area contributed by atoms with Crippen LogP contribution in [0, 0.1) is 0 Å². The summed E-state index contributed by atoms with van der Waals surface area (Å²) in [6, 6.07) is 5.97. The smallest absolute Gasteiger partial charge is 0.469 e. The third-order valence-corrected chi connectivity index (χ3v) is 4.33. The number of rotatable bonds is 4. The van der Waals surface area contributed by atoms with E-state index in [9.17, 15) is 27.9 Å². The van der Waals surface area contributed by atoms with E-state index in [1.807, 2.05) is 0 Å². The molecule has 3 N–H and O–H groups in total. The first kappa shape index (κ1) is 19.7. The number of hydrogen-bond donors (Lipinski definition) is 3. The number of carbonyl (C=O) groups excluding carboxylic acids is 2. The minimum atomic E-state index is -4.82. The van der Waals surface area contributed by atoms with Crippen molar-refractivity contribution in [2.75, 3.05) is 11.9 Å². The van der Waals surface area contributed by atoms with Crippen molar-refractivity contribution in [2.24, 2.45) is 0 Å². The lowest BCUT2D eigenvalue weighted by Crippen LogP contribution is -2.45. The van der Waals surface area contributed by atoms with Gasteiger partial charge in [-0.15, -0.1) is 13.2 Å². The zero-order chi connectivity index (χ0) is 20.4. The quantitative estimate of drug-likeness (QED) is 0.687. The maximum Gasteiger partial charge on any atom is 0.573 e. The number of aliphatic hydroxyl groups is 1. The third kappa shape index (κ3) is 4.63. The van der Waals surface area contributed by atoms with E-state index in [1.165, 1.54) is 18.4 Å². The Morgan fingerprint density at radius 3 is 2.57 bits per heavy atom. The topological polar surface area (TPSA) is 101 Å². The lowest BCUT2D eigenvalue weighted by atomic mass is 9.83. The number of hydrogen-bond acceptors (Lipinski definition) is 5. The number of aryl methyl sites for hydroxylation is 1. The molecule has 1 aromatic carbocycles. The first-order chi connectivity index (χ1) is 13.2. The largest absolute Gasteiger partial charge is 0.573 e. The Bertz CT molecular complexity index is 863. The number of ether oxygens (including phenoxy) is 1. The molecule has 1 atom stereocenters. The second-order valence-electron chi connectivity index (χ2n) is 6.35. The number of halogens is 3. The predicted octanol–water partition coefficient (Wildman–Crippen LogP) is 2.46. The number of anilines is 1. The molecular formula is C18H17F3N2O5. The van der Waals surface area contributed by atoms with Crippen molar-refractivity contribution in [3.05, 3.63) is 47.9 Å². The lowest BCUT2D eigenvalue weighted by Gasteiger charge is -2.31. The van der Waals surface area contributed by atoms with Crippen LogP contribution in [0.15, 0.2) is 41.0 Å². The summed E-state index contributed by atoms with van der Waals surface area (Å²) in [7, 11) is 0. The van der Waals surface area contributed by atoms with Crippen LogP contribution in [0.4, 0.5) is 18.9 Å². The minimum Gasteiger partial charge on any atom is -0.469 e. The number of alkyl halides is 3. The molecule has 1 aromatic heterocycles. The number of carbonyl (C=O) groups is 2. The van der Waals surface area contributed by atoms with Crippen molar-refractivity contribution in [3.63, 3.8) is 0 Å². The second-order valence-corrected chi connectivity index (χ2v) is 6.35. The summed E-state index contributed by atoms with van der Waals surface area (Å²) < 4.78 is 45.4. The first-order valence-electron chi connectivity index (χ1n) is 8.40. The molecule has 0 fully saturated rings. The van der Waals surface area contributed by atoms with E-state index in [0.29, 0.717) is 30.6 Å². The van der Waals surface area contributed by atoms with Crippen molar-refractivity contribution >= 4 is 17.5 Å². The van der Waals surface area contributed by atoms with Crippen molar-refractivity contribution < 1.29 is 37.0 Å². The summed E-state index contributed by atoms with van der Waals surface area (Å²) in [5.41, 5.74) is -0.629. The van der Waals surface area contributed by atoms with E-state index in [-0.39, 0.29) is 12.2 Å². The number of furan rings is 1. The van der Waals surface area contributed by atoms with Gasteiger partial charge in [-0.25, -0.2) is 0 Å². The summed E-state index contributed by atoms with van der Waals surface area (Å²) in [5.74, 6) is -1.81. The van der Waals surface area contributed by atoms with E-state index in [0.717, 1.165) is 12.1 Å². The zero-order valence-corrected chi connectivity index (χ0v) is 14.5. The van der Waals surface area contributed by atoms with E-state index in [4.69, 9.17) is 4.42 Å². The molecule has 2 aromatic rings. The van der Waals surface area contributed by atoms with Crippen LogP contribution in [-0.2, 0) is 21.6 Å². The van der Waals surface area contributed by atoms with E-state index in [2.05, 4.69) is 15.4 Å². The van der Waals surface area contributed by atoms with Crippen molar-refractivity contribution in [1.29, 1.82) is 0 Å². The SMILES string of the molecule is O=C(NCC1(O)CCCc2occc21)C(=O)Nc1ccc(OC(F)(F)F)cc1. The standard InChI is InChI=1S/C18H17F3N2O5/c19-18(20,21)28-12-5-3-11(4-6-12)23-16(25)15(24)22-10-17(26)8-1-2-14-13(17)7-9-27-14/h3-7,9,26H,1-2,8,10H2,(H,22,24)(H,23,25). The summed E-state index contributed by atoms with van der Waals surface area (Å²) in [4.78, 5) is 24.0.